The molecule has 2 aliphatic rings. The number of hydrogen-bond donors (Lipinski definition) is 1. The quantitative estimate of drug-likeness (QED) is 0.499. The summed E-state index contributed by atoms with van der Waals surface area (Å²) in [5, 5.41) is 11.5. The number of carbonyl (C=O) groups is 1. The average molecular weight is 433 g/mol. The summed E-state index contributed by atoms with van der Waals surface area (Å²) in [6, 6.07) is 5.63. The summed E-state index contributed by atoms with van der Waals surface area (Å²) in [5.74, 6) is 0.662. The summed E-state index contributed by atoms with van der Waals surface area (Å²) in [6.45, 7) is 7.37. The lowest BCUT2D eigenvalue weighted by Gasteiger charge is -2.47. The molecule has 7 nitrogen and oxygen atoms in total. The molecule has 6 unspecified atom stereocenters. The van der Waals surface area contributed by atoms with Gasteiger partial charge in [-0.05, 0) is 36.1 Å². The van der Waals surface area contributed by atoms with Gasteiger partial charge in [-0.3, -0.25) is 4.79 Å². The van der Waals surface area contributed by atoms with Crippen LogP contribution in [0, 0.1) is 11.3 Å². The molecule has 6 atom stereocenters. The van der Waals surface area contributed by atoms with Crippen molar-refractivity contribution in [1.82, 2.24) is 0 Å². The third-order valence-corrected chi connectivity index (χ3v) is 6.98. The summed E-state index contributed by atoms with van der Waals surface area (Å²) in [4.78, 5) is 12.2. The molecule has 1 fully saturated rings. The van der Waals surface area contributed by atoms with E-state index < -0.39 is 29.2 Å². The van der Waals surface area contributed by atoms with Crippen LogP contribution in [0.4, 0.5) is 0 Å². The minimum atomic E-state index is -1.27. The van der Waals surface area contributed by atoms with E-state index in [2.05, 4.69) is 13.5 Å². The fourth-order valence-corrected chi connectivity index (χ4v) is 5.69. The molecule has 1 aromatic carbocycles. The van der Waals surface area contributed by atoms with Crippen LogP contribution in [0.1, 0.15) is 31.7 Å². The van der Waals surface area contributed by atoms with E-state index >= 15 is 0 Å². The fourth-order valence-electron chi connectivity index (χ4n) is 5.69. The maximum atomic E-state index is 12.2. The second kappa shape index (κ2) is 8.55. The molecule has 1 saturated carbocycles. The first-order chi connectivity index (χ1) is 14.8. The maximum Gasteiger partial charge on any atom is 0.303 e. The van der Waals surface area contributed by atoms with Crippen molar-refractivity contribution in [2.75, 3.05) is 28.4 Å². The number of rotatable bonds is 8. The summed E-state index contributed by atoms with van der Waals surface area (Å²) in [7, 11) is 6.20. The number of allylic oxidation sites excluding steroid dienone is 1. The molecule has 0 aromatic heterocycles. The normalized spacial score (nSPS) is 34.0. The Morgan fingerprint density at radius 3 is 2.35 bits per heavy atom. The molecule has 2 aliphatic carbocycles. The van der Waals surface area contributed by atoms with Crippen molar-refractivity contribution in [3.8, 4) is 11.5 Å². The van der Waals surface area contributed by atoms with Crippen LogP contribution in [0.2, 0.25) is 0 Å². The van der Waals surface area contributed by atoms with E-state index in [1.54, 1.807) is 20.3 Å². The van der Waals surface area contributed by atoms with Crippen LogP contribution in [0.3, 0.4) is 0 Å². The Morgan fingerprint density at radius 2 is 1.84 bits per heavy atom. The number of aliphatic hydroxyl groups excluding tert-OH is 1. The Morgan fingerprint density at radius 1 is 1.16 bits per heavy atom. The topological polar surface area (TPSA) is 83.5 Å². The molecule has 3 rings (SSSR count). The average Bonchev–Trinajstić information content (AvgIpc) is 2.91. The number of benzene rings is 1. The highest BCUT2D eigenvalue weighted by Crippen LogP contribution is 2.66. The van der Waals surface area contributed by atoms with E-state index in [9.17, 15) is 9.90 Å². The predicted octanol–water partition coefficient (Wildman–Crippen LogP) is 3.22. The molecule has 0 spiro atoms. The Kier molecular flexibility index (Phi) is 6.39. The number of aliphatic hydroxyl groups is 1. The summed E-state index contributed by atoms with van der Waals surface area (Å²) >= 11 is 0. The predicted molar refractivity (Wildman–Crippen MR) is 115 cm³/mol. The minimum absolute atomic E-state index is 0.102. The van der Waals surface area contributed by atoms with Gasteiger partial charge >= 0.3 is 5.97 Å². The highest BCUT2D eigenvalue weighted by molar-refractivity contribution is 5.67. The Balaban J connectivity index is 2.31. The molecule has 170 valence electrons. The monoisotopic (exact) mass is 432 g/mol. The zero-order valence-corrected chi connectivity index (χ0v) is 19.0. The minimum Gasteiger partial charge on any atom is -0.499 e. The van der Waals surface area contributed by atoms with Gasteiger partial charge in [0.1, 0.15) is 23.6 Å². The smallest absolute Gasteiger partial charge is 0.303 e. The van der Waals surface area contributed by atoms with E-state index in [4.69, 9.17) is 23.7 Å². The number of hydrogen-bond acceptors (Lipinski definition) is 7. The maximum absolute atomic E-state index is 12.2. The van der Waals surface area contributed by atoms with Gasteiger partial charge in [0, 0.05) is 25.4 Å². The summed E-state index contributed by atoms with van der Waals surface area (Å²) < 4.78 is 28.5. The lowest BCUT2D eigenvalue weighted by atomic mass is 9.69. The summed E-state index contributed by atoms with van der Waals surface area (Å²) in [5.41, 5.74) is -1.07. The molecule has 2 bridgehead atoms. The van der Waals surface area contributed by atoms with Crippen LogP contribution in [-0.2, 0) is 19.0 Å². The Labute approximate surface area is 183 Å². The van der Waals surface area contributed by atoms with Crippen LogP contribution in [-0.4, -0.2) is 57.3 Å². The van der Waals surface area contributed by atoms with Gasteiger partial charge in [-0.1, -0.05) is 19.1 Å². The molecule has 1 N–H and O–H groups in total. The lowest BCUT2D eigenvalue weighted by Crippen LogP contribution is -2.61. The SMILES string of the molecule is C=CCC12C=C(OC)C(O)C(OC)(C(c3ccc(OC)c(OC)c3)C1C)C2OC(C)=O. The highest BCUT2D eigenvalue weighted by Gasteiger charge is 2.73. The zero-order valence-electron chi connectivity index (χ0n) is 19.0. The molecule has 31 heavy (non-hydrogen) atoms. The molecule has 0 radical (unpaired) electrons. The molecule has 7 heteroatoms. The van der Waals surface area contributed by atoms with Crippen molar-refractivity contribution in [3.05, 3.63) is 48.3 Å². The number of esters is 1. The lowest BCUT2D eigenvalue weighted by molar-refractivity contribution is -0.201. The first-order valence-corrected chi connectivity index (χ1v) is 10.3. The van der Waals surface area contributed by atoms with Gasteiger partial charge < -0.3 is 28.8 Å². The fraction of sp³-hybridized carbons (Fsp3) is 0.542. The number of ether oxygens (including phenoxy) is 5. The van der Waals surface area contributed by atoms with Crippen LogP contribution >= 0.6 is 0 Å². The van der Waals surface area contributed by atoms with Gasteiger partial charge in [0.2, 0.25) is 0 Å². The van der Waals surface area contributed by atoms with Gasteiger partial charge in [0.05, 0.1) is 21.3 Å². The van der Waals surface area contributed by atoms with Gasteiger partial charge in [-0.15, -0.1) is 6.58 Å². The van der Waals surface area contributed by atoms with Crippen LogP contribution in [0.15, 0.2) is 42.7 Å². The molecule has 1 aromatic rings. The number of carbonyl (C=O) groups excluding carboxylic acids is 1. The van der Waals surface area contributed by atoms with E-state index in [0.717, 1.165) is 5.56 Å². The molecule has 0 aliphatic heterocycles. The van der Waals surface area contributed by atoms with Crippen molar-refractivity contribution in [1.29, 1.82) is 0 Å². The van der Waals surface area contributed by atoms with Crippen LogP contribution < -0.4 is 9.47 Å². The number of methoxy groups -OCH3 is 4. The Hall–Kier alpha value is -2.51. The van der Waals surface area contributed by atoms with Crippen LogP contribution in [0.5, 0.6) is 11.5 Å². The second-order valence-corrected chi connectivity index (χ2v) is 8.19. The largest absolute Gasteiger partial charge is 0.499 e. The van der Waals surface area contributed by atoms with E-state index in [-0.39, 0.29) is 11.8 Å². The molecule has 0 heterocycles. The third kappa shape index (κ3) is 3.22. The van der Waals surface area contributed by atoms with Crippen molar-refractivity contribution in [2.24, 2.45) is 11.3 Å². The highest BCUT2D eigenvalue weighted by atomic mass is 16.6. The van der Waals surface area contributed by atoms with Crippen molar-refractivity contribution < 1.29 is 33.6 Å². The molecular weight excluding hydrogens is 400 g/mol. The van der Waals surface area contributed by atoms with E-state index in [0.29, 0.717) is 23.7 Å². The van der Waals surface area contributed by atoms with E-state index in [1.807, 2.05) is 24.3 Å². The van der Waals surface area contributed by atoms with Gasteiger partial charge in [0.25, 0.3) is 0 Å². The molecule has 0 amide bonds. The van der Waals surface area contributed by atoms with Crippen LogP contribution in [0.25, 0.3) is 0 Å². The molecule has 0 saturated heterocycles. The standard InChI is InChI=1S/C24H32O7/c1-8-11-23-13-19(29-6)21(26)24(30-7,22(23)31-15(3)25)20(14(23)2)16-9-10-17(27-4)18(12-16)28-5/h8-10,12-14,20-22,26H,1,11H2,2-7H3. The van der Waals surface area contributed by atoms with Gasteiger partial charge in [-0.25, -0.2) is 0 Å². The second-order valence-electron chi connectivity index (χ2n) is 8.19. The number of fused-ring (bicyclic) bond motifs is 2. The van der Waals surface area contributed by atoms with E-state index in [1.165, 1.54) is 21.1 Å². The first-order valence-electron chi connectivity index (χ1n) is 10.3. The van der Waals surface area contributed by atoms with Gasteiger partial charge in [0.15, 0.2) is 11.5 Å². The van der Waals surface area contributed by atoms with Crippen molar-refractivity contribution in [2.45, 2.75) is 44.0 Å². The third-order valence-electron chi connectivity index (χ3n) is 6.98. The van der Waals surface area contributed by atoms with Crippen molar-refractivity contribution >= 4 is 5.97 Å². The molecular formula is C24H32O7. The zero-order chi connectivity index (χ0) is 23.0. The summed E-state index contributed by atoms with van der Waals surface area (Å²) in [6.07, 6.45) is 2.30. The van der Waals surface area contributed by atoms with Gasteiger partial charge in [-0.2, -0.15) is 0 Å². The Bertz CT molecular complexity index is 879. The first kappa shape index (κ1) is 23.2. The van der Waals surface area contributed by atoms with Crippen molar-refractivity contribution in [3.63, 3.8) is 0 Å².